The molecule has 1 saturated heterocycles. The lowest BCUT2D eigenvalue weighted by Crippen LogP contribution is -2.40. The molecule has 0 unspecified atom stereocenters. The minimum Gasteiger partial charge on any atom is -0.463 e. The van der Waals surface area contributed by atoms with Crippen molar-refractivity contribution in [3.05, 3.63) is 17.8 Å². The molecule has 53 heavy (non-hydrogen) atoms. The fourth-order valence-corrected chi connectivity index (χ4v) is 6.60. The van der Waals surface area contributed by atoms with Crippen molar-refractivity contribution in [2.75, 3.05) is 19.7 Å². The summed E-state index contributed by atoms with van der Waals surface area (Å²) in [4.78, 5) is 52.7. The van der Waals surface area contributed by atoms with E-state index in [1.807, 2.05) is 13.8 Å². The van der Waals surface area contributed by atoms with E-state index in [1.54, 1.807) is 10.8 Å². The molecule has 13 nitrogen and oxygen atoms in total. The number of fused-ring (bicyclic) bond motifs is 3. The number of esters is 2. The van der Waals surface area contributed by atoms with Crippen molar-refractivity contribution in [2.24, 2.45) is 0 Å². The number of nitrogens with one attached hydrogen (secondary N) is 3. The summed E-state index contributed by atoms with van der Waals surface area (Å²) in [5.41, 5.74) is 0.0608. The van der Waals surface area contributed by atoms with Crippen LogP contribution in [0.2, 0.25) is 0 Å². The molecule has 0 saturated carbocycles. The number of amides is 2. The second kappa shape index (κ2) is 27.4. The number of unbranched alkanes of at least 4 members (excludes halogenated alkanes) is 14. The van der Waals surface area contributed by atoms with Crippen LogP contribution in [0.3, 0.4) is 0 Å². The van der Waals surface area contributed by atoms with Crippen molar-refractivity contribution >= 4 is 36.2 Å². The van der Waals surface area contributed by atoms with Crippen LogP contribution in [-0.2, 0) is 33.4 Å². The minimum atomic E-state index is -0.777. The molecule has 3 heterocycles. The topological polar surface area (TPSA) is 171 Å². The average Bonchev–Trinajstić information content (AvgIpc) is 3.63. The van der Waals surface area contributed by atoms with Gasteiger partial charge in [0.2, 0.25) is 11.8 Å². The number of aromatic nitrogens is 2. The van der Waals surface area contributed by atoms with Crippen LogP contribution in [0, 0.1) is 5.41 Å². The molecule has 1 aromatic rings. The van der Waals surface area contributed by atoms with Crippen LogP contribution in [0.5, 0.6) is 6.01 Å². The van der Waals surface area contributed by atoms with Gasteiger partial charge in [-0.2, -0.15) is 4.98 Å². The van der Waals surface area contributed by atoms with Crippen molar-refractivity contribution in [3.63, 3.8) is 0 Å². The van der Waals surface area contributed by atoms with Crippen LogP contribution >= 0.6 is 12.4 Å². The standard InChI is InChI=1S/C39H65N5O8.ClH/c1-3-21-32(45)41-26-19-15-11-7-5-9-13-17-23-34(47)49-29-30-36(37-38(50-30)44-28-25-31(40)43-39(44)52-37)51-35(48)24-18-14-10-6-8-12-16-20-27-42-33(46)22-4-2;/h25,28,30,36-38,40H,3-24,26-27,29H2,1-2H3,(H,41,45)(H,42,46);1H/t30-,36-,37-,38-;/m1./s1. The summed E-state index contributed by atoms with van der Waals surface area (Å²) in [6.07, 6.45) is 19.1. The van der Waals surface area contributed by atoms with E-state index < -0.39 is 24.5 Å². The highest BCUT2D eigenvalue weighted by Crippen LogP contribution is 2.40. The van der Waals surface area contributed by atoms with Crippen molar-refractivity contribution in [1.29, 1.82) is 5.41 Å². The third kappa shape index (κ3) is 18.1. The Hall–Kier alpha value is -3.19. The fraction of sp³-hybridized carbons (Fsp3) is 0.795. The lowest BCUT2D eigenvalue weighted by molar-refractivity contribution is -0.160. The zero-order valence-corrected chi connectivity index (χ0v) is 33.0. The molecule has 1 fully saturated rings. The molecule has 0 bridgehead atoms. The number of hydrogen-bond donors (Lipinski definition) is 3. The van der Waals surface area contributed by atoms with E-state index in [0.717, 1.165) is 129 Å². The normalized spacial score (nSPS) is 18.3. The second-order valence-electron chi connectivity index (χ2n) is 14.1. The van der Waals surface area contributed by atoms with Crippen molar-refractivity contribution < 1.29 is 38.1 Å². The van der Waals surface area contributed by atoms with E-state index >= 15 is 0 Å². The zero-order chi connectivity index (χ0) is 37.4. The van der Waals surface area contributed by atoms with Gasteiger partial charge < -0.3 is 29.6 Å². The molecule has 302 valence electrons. The van der Waals surface area contributed by atoms with E-state index in [-0.39, 0.29) is 60.7 Å². The summed E-state index contributed by atoms with van der Waals surface area (Å²) in [5.74, 6) is -0.364. The summed E-state index contributed by atoms with van der Waals surface area (Å²) in [6.45, 7) is 5.47. The molecule has 3 N–H and O–H groups in total. The van der Waals surface area contributed by atoms with Gasteiger partial charge in [-0.3, -0.25) is 29.2 Å². The predicted molar refractivity (Wildman–Crippen MR) is 203 cm³/mol. The van der Waals surface area contributed by atoms with E-state index in [0.29, 0.717) is 19.3 Å². The van der Waals surface area contributed by atoms with Gasteiger partial charge in [-0.05, 0) is 44.6 Å². The van der Waals surface area contributed by atoms with Crippen LogP contribution in [0.25, 0.3) is 0 Å². The average molecular weight is 768 g/mol. The zero-order valence-electron chi connectivity index (χ0n) is 32.2. The molecule has 14 heteroatoms. The van der Waals surface area contributed by atoms with Gasteiger partial charge in [0.15, 0.2) is 23.9 Å². The third-order valence-electron chi connectivity index (χ3n) is 9.52. The number of nitrogens with zero attached hydrogens (tertiary/aromatic N) is 2. The highest BCUT2D eigenvalue weighted by Gasteiger charge is 2.54. The number of carbonyl (C=O) groups is 4. The van der Waals surface area contributed by atoms with Gasteiger partial charge in [0.05, 0.1) is 0 Å². The number of rotatable bonds is 29. The lowest BCUT2D eigenvalue weighted by atomic mass is 10.1. The maximum atomic E-state index is 12.9. The van der Waals surface area contributed by atoms with Gasteiger partial charge in [-0.25, -0.2) is 0 Å². The molecule has 2 amide bonds. The largest absolute Gasteiger partial charge is 0.463 e. The molecule has 1 aromatic heterocycles. The van der Waals surface area contributed by atoms with Crippen LogP contribution in [-0.4, -0.2) is 71.3 Å². The van der Waals surface area contributed by atoms with Gasteiger partial charge in [0.25, 0.3) is 0 Å². The van der Waals surface area contributed by atoms with E-state index in [4.69, 9.17) is 24.4 Å². The molecule has 0 spiro atoms. The Labute approximate surface area is 322 Å². The molecular weight excluding hydrogens is 702 g/mol. The molecule has 0 aliphatic carbocycles. The minimum absolute atomic E-state index is 0. The Balaban J connectivity index is 0.00000972. The highest BCUT2D eigenvalue weighted by atomic mass is 35.5. The van der Waals surface area contributed by atoms with E-state index in [2.05, 4.69) is 15.6 Å². The summed E-state index contributed by atoms with van der Waals surface area (Å²) < 4.78 is 25.4. The molecule has 0 aromatic carbocycles. The summed E-state index contributed by atoms with van der Waals surface area (Å²) in [6, 6.07) is 1.77. The van der Waals surface area contributed by atoms with Crippen LogP contribution in [0.4, 0.5) is 0 Å². The Morgan fingerprint density at radius 3 is 1.75 bits per heavy atom. The maximum Gasteiger partial charge on any atom is 0.306 e. The van der Waals surface area contributed by atoms with Gasteiger partial charge in [-0.1, -0.05) is 90.9 Å². The first-order chi connectivity index (χ1) is 25.3. The molecule has 2 aliphatic heterocycles. The van der Waals surface area contributed by atoms with Crippen LogP contribution < -0.4 is 20.9 Å². The highest BCUT2D eigenvalue weighted by molar-refractivity contribution is 5.85. The SMILES string of the molecule is CCCC(=O)NCCCCCCCCCCC(=O)OC[C@H]1O[C@@H]2[C@H](Oc3nc(=N)ccn32)[C@@H]1OC(=O)CCCCCCCCCCNC(=O)CCC.Cl. The van der Waals surface area contributed by atoms with Gasteiger partial charge in [0, 0.05) is 45.0 Å². The van der Waals surface area contributed by atoms with Crippen molar-refractivity contribution in [3.8, 4) is 6.01 Å². The van der Waals surface area contributed by atoms with Gasteiger partial charge in [-0.15, -0.1) is 12.4 Å². The number of halogens is 1. The van der Waals surface area contributed by atoms with Crippen molar-refractivity contribution in [2.45, 2.75) is 180 Å². The van der Waals surface area contributed by atoms with Gasteiger partial charge in [0.1, 0.15) is 12.7 Å². The number of carbonyl (C=O) groups excluding carboxylic acids is 4. The second-order valence-corrected chi connectivity index (χ2v) is 14.1. The Morgan fingerprint density at radius 2 is 1.23 bits per heavy atom. The summed E-state index contributed by atoms with van der Waals surface area (Å²) >= 11 is 0. The quantitative estimate of drug-likeness (QED) is 0.0589. The first kappa shape index (κ1) is 46.0. The third-order valence-corrected chi connectivity index (χ3v) is 9.52. The van der Waals surface area contributed by atoms with Crippen LogP contribution in [0.15, 0.2) is 12.3 Å². The van der Waals surface area contributed by atoms with Gasteiger partial charge >= 0.3 is 17.9 Å². The fourth-order valence-electron chi connectivity index (χ4n) is 6.60. The first-order valence-corrected chi connectivity index (χ1v) is 20.2. The van der Waals surface area contributed by atoms with Crippen molar-refractivity contribution in [1.82, 2.24) is 20.2 Å². The number of hydrogen-bond acceptors (Lipinski definition) is 10. The molecule has 4 atom stereocenters. The Kier molecular flexibility index (Phi) is 23.8. The lowest BCUT2D eigenvalue weighted by Gasteiger charge is -2.22. The Morgan fingerprint density at radius 1 is 0.736 bits per heavy atom. The number of ether oxygens (including phenoxy) is 4. The first-order valence-electron chi connectivity index (χ1n) is 20.2. The molecule has 0 radical (unpaired) electrons. The molecule has 2 aliphatic rings. The summed E-state index contributed by atoms with van der Waals surface area (Å²) in [5, 5.41) is 13.7. The van der Waals surface area contributed by atoms with E-state index in [9.17, 15) is 19.2 Å². The summed E-state index contributed by atoms with van der Waals surface area (Å²) in [7, 11) is 0. The Bertz CT molecular complexity index is 1280. The smallest absolute Gasteiger partial charge is 0.306 e. The monoisotopic (exact) mass is 767 g/mol. The van der Waals surface area contributed by atoms with E-state index in [1.165, 1.54) is 6.07 Å². The molecule has 3 rings (SSSR count). The van der Waals surface area contributed by atoms with Crippen LogP contribution in [0.1, 0.15) is 161 Å². The maximum absolute atomic E-state index is 12.9. The predicted octanol–water partition coefficient (Wildman–Crippen LogP) is 6.75. The molecular formula is C39H66ClN5O8.